The molecular weight excluding hydrogens is 401 g/mol. The first kappa shape index (κ1) is 23.0. The largest absolute Gasteiger partial charge is 0.480 e. The zero-order valence-corrected chi connectivity index (χ0v) is 16.9. The van der Waals surface area contributed by atoms with Gasteiger partial charge in [-0.05, 0) is 31.5 Å². The van der Waals surface area contributed by atoms with Crippen molar-refractivity contribution in [2.24, 2.45) is 0 Å². The molecule has 6 nitrogen and oxygen atoms in total. The predicted molar refractivity (Wildman–Crippen MR) is 107 cm³/mol. The van der Waals surface area contributed by atoms with Crippen LogP contribution in [0.5, 0.6) is 0 Å². The van der Waals surface area contributed by atoms with E-state index >= 15 is 0 Å². The number of hydrogen-bond acceptors (Lipinski definition) is 4. The molecule has 1 aliphatic heterocycles. The molecule has 1 fully saturated rings. The van der Waals surface area contributed by atoms with Crippen molar-refractivity contribution >= 4 is 53.2 Å². The van der Waals surface area contributed by atoms with Crippen molar-refractivity contribution in [3.8, 4) is 0 Å². The molecule has 0 aliphatic carbocycles. The van der Waals surface area contributed by atoms with Crippen LogP contribution in [0.4, 0.5) is 5.69 Å². The first-order valence-corrected chi connectivity index (χ1v) is 9.08. The fourth-order valence-electron chi connectivity index (χ4n) is 3.11. The lowest BCUT2D eigenvalue weighted by Crippen LogP contribution is -2.48. The molecule has 2 N–H and O–H groups in total. The maximum atomic E-state index is 12.2. The van der Waals surface area contributed by atoms with E-state index in [2.05, 4.69) is 10.2 Å². The molecule has 1 aromatic carbocycles. The lowest BCUT2D eigenvalue weighted by atomic mass is 10.0. The number of halogens is 3. The number of carboxylic acid groups (broad SMARTS) is 1. The highest BCUT2D eigenvalue weighted by Crippen LogP contribution is 2.29. The van der Waals surface area contributed by atoms with Crippen molar-refractivity contribution in [2.75, 3.05) is 38.0 Å². The van der Waals surface area contributed by atoms with Gasteiger partial charge in [-0.15, -0.1) is 12.4 Å². The molecule has 0 atom stereocenters. The second-order valence-electron chi connectivity index (χ2n) is 6.11. The average Bonchev–Trinajstić information content (AvgIpc) is 2.57. The molecule has 0 radical (unpaired) electrons. The third kappa shape index (κ3) is 6.59. The second-order valence-corrected chi connectivity index (χ2v) is 6.90. The van der Waals surface area contributed by atoms with E-state index < -0.39 is 5.97 Å². The summed E-state index contributed by atoms with van der Waals surface area (Å²) >= 11 is 12.0. The summed E-state index contributed by atoms with van der Waals surface area (Å²) in [6.45, 7) is 4.55. The minimum Gasteiger partial charge on any atom is -0.480 e. The number of carbonyl (C=O) groups excluding carboxylic acids is 1. The van der Waals surface area contributed by atoms with Crippen LogP contribution in [0.3, 0.4) is 0 Å². The van der Waals surface area contributed by atoms with E-state index in [1.807, 2.05) is 11.8 Å². The van der Waals surface area contributed by atoms with Gasteiger partial charge < -0.3 is 10.4 Å². The molecule has 9 heteroatoms. The molecular formula is C17H24Cl3N3O3. The van der Waals surface area contributed by atoms with Crippen LogP contribution >= 0.6 is 35.6 Å². The summed E-state index contributed by atoms with van der Waals surface area (Å²) in [4.78, 5) is 27.2. The highest BCUT2D eigenvalue weighted by molar-refractivity contribution is 6.44. The molecule has 2 rings (SSSR count). The van der Waals surface area contributed by atoms with E-state index in [0.717, 1.165) is 25.9 Å². The highest BCUT2D eigenvalue weighted by Gasteiger charge is 2.26. The van der Waals surface area contributed by atoms with Gasteiger partial charge in [0.05, 0.1) is 28.8 Å². The number of amides is 1. The summed E-state index contributed by atoms with van der Waals surface area (Å²) < 4.78 is 0. The Morgan fingerprint density at radius 1 is 1.31 bits per heavy atom. The zero-order valence-electron chi connectivity index (χ0n) is 14.6. The number of nitrogens with zero attached hydrogens (tertiary/aromatic N) is 2. The number of nitrogens with one attached hydrogen (secondary N) is 1. The van der Waals surface area contributed by atoms with Crippen LogP contribution < -0.4 is 5.32 Å². The molecule has 0 saturated carbocycles. The number of likely N-dealkylation sites (N-methyl/N-ethyl adjacent to an activating group) is 1. The molecule has 26 heavy (non-hydrogen) atoms. The maximum Gasteiger partial charge on any atom is 0.317 e. The molecule has 1 aromatic rings. The summed E-state index contributed by atoms with van der Waals surface area (Å²) in [5.74, 6) is -0.942. The Bertz CT molecular complexity index is 623. The van der Waals surface area contributed by atoms with E-state index in [-0.39, 0.29) is 37.4 Å². The molecule has 0 bridgehead atoms. The van der Waals surface area contributed by atoms with Gasteiger partial charge in [0.2, 0.25) is 5.91 Å². The van der Waals surface area contributed by atoms with Crippen molar-refractivity contribution in [1.29, 1.82) is 0 Å². The first-order valence-electron chi connectivity index (χ1n) is 8.32. The van der Waals surface area contributed by atoms with Crippen LogP contribution in [0.2, 0.25) is 10.0 Å². The van der Waals surface area contributed by atoms with Gasteiger partial charge in [0.15, 0.2) is 0 Å². The Hall–Kier alpha value is -1.05. The summed E-state index contributed by atoms with van der Waals surface area (Å²) in [5, 5.41) is 12.5. The lowest BCUT2D eigenvalue weighted by molar-refractivity contribution is -0.139. The molecule has 1 amide bonds. The Balaban J connectivity index is 0.00000338. The quantitative estimate of drug-likeness (QED) is 0.703. The number of anilines is 1. The van der Waals surface area contributed by atoms with Crippen molar-refractivity contribution in [3.63, 3.8) is 0 Å². The monoisotopic (exact) mass is 423 g/mol. The Morgan fingerprint density at radius 2 is 1.96 bits per heavy atom. The van der Waals surface area contributed by atoms with Gasteiger partial charge in [-0.2, -0.15) is 0 Å². The van der Waals surface area contributed by atoms with Crippen LogP contribution in [0.15, 0.2) is 18.2 Å². The van der Waals surface area contributed by atoms with Gasteiger partial charge >= 0.3 is 5.97 Å². The third-order valence-electron chi connectivity index (χ3n) is 4.41. The van der Waals surface area contributed by atoms with Gasteiger partial charge in [0.1, 0.15) is 0 Å². The van der Waals surface area contributed by atoms with Gasteiger partial charge in [-0.3, -0.25) is 19.4 Å². The molecule has 0 spiro atoms. The fraction of sp³-hybridized carbons (Fsp3) is 0.529. The molecule has 0 aromatic heterocycles. The fourth-order valence-corrected chi connectivity index (χ4v) is 3.46. The number of carboxylic acids is 1. The number of hydrogen-bond donors (Lipinski definition) is 2. The summed E-state index contributed by atoms with van der Waals surface area (Å²) in [5.41, 5.74) is 0.507. The number of likely N-dealkylation sites (tertiary alicyclic amines) is 1. The van der Waals surface area contributed by atoms with Gasteiger partial charge in [0.25, 0.3) is 0 Å². The van der Waals surface area contributed by atoms with Crippen molar-refractivity contribution in [3.05, 3.63) is 28.2 Å². The van der Waals surface area contributed by atoms with Gasteiger partial charge in [-0.25, -0.2) is 0 Å². The molecule has 146 valence electrons. The zero-order chi connectivity index (χ0) is 18.4. The van der Waals surface area contributed by atoms with Crippen LogP contribution in [0.25, 0.3) is 0 Å². The van der Waals surface area contributed by atoms with Crippen LogP contribution in [-0.4, -0.2) is 65.5 Å². The van der Waals surface area contributed by atoms with E-state index in [1.165, 1.54) is 0 Å². The van der Waals surface area contributed by atoms with Crippen LogP contribution in [-0.2, 0) is 9.59 Å². The number of carbonyl (C=O) groups is 2. The maximum absolute atomic E-state index is 12.2. The smallest absolute Gasteiger partial charge is 0.317 e. The predicted octanol–water partition coefficient (Wildman–Crippen LogP) is 3.22. The Morgan fingerprint density at radius 3 is 2.54 bits per heavy atom. The van der Waals surface area contributed by atoms with E-state index in [9.17, 15) is 9.59 Å². The molecule has 1 aliphatic rings. The van der Waals surface area contributed by atoms with E-state index in [4.69, 9.17) is 28.3 Å². The van der Waals surface area contributed by atoms with Crippen molar-refractivity contribution < 1.29 is 14.7 Å². The van der Waals surface area contributed by atoms with Crippen LogP contribution in [0, 0.1) is 0 Å². The molecule has 1 heterocycles. The summed E-state index contributed by atoms with van der Waals surface area (Å²) in [7, 11) is 0. The topological polar surface area (TPSA) is 72.9 Å². The van der Waals surface area contributed by atoms with Gasteiger partial charge in [0, 0.05) is 19.1 Å². The third-order valence-corrected chi connectivity index (χ3v) is 5.23. The summed E-state index contributed by atoms with van der Waals surface area (Å²) in [6.07, 6.45) is 1.71. The first-order chi connectivity index (χ1) is 11.9. The highest BCUT2D eigenvalue weighted by atomic mass is 35.5. The number of piperidine rings is 1. The summed E-state index contributed by atoms with van der Waals surface area (Å²) in [6, 6.07) is 5.37. The number of aliphatic carboxylic acids is 1. The van der Waals surface area contributed by atoms with Crippen LogP contribution in [0.1, 0.15) is 19.8 Å². The van der Waals surface area contributed by atoms with Gasteiger partial charge in [-0.1, -0.05) is 36.2 Å². The lowest BCUT2D eigenvalue weighted by Gasteiger charge is -2.37. The average molecular weight is 425 g/mol. The SMILES string of the molecule is CCN(CC(=O)O)C1CCN(CC(=O)Nc2cccc(Cl)c2Cl)CC1.Cl. The Labute approximate surface area is 169 Å². The normalized spacial score (nSPS) is 15.5. The Kier molecular flexibility index (Phi) is 9.68. The minimum absolute atomic E-state index is 0. The molecule has 1 saturated heterocycles. The number of benzene rings is 1. The second kappa shape index (κ2) is 10.9. The number of rotatable bonds is 7. The van der Waals surface area contributed by atoms with Crippen molar-refractivity contribution in [2.45, 2.75) is 25.8 Å². The van der Waals surface area contributed by atoms with E-state index in [0.29, 0.717) is 22.3 Å². The minimum atomic E-state index is -0.804. The molecule has 0 unspecified atom stereocenters. The van der Waals surface area contributed by atoms with E-state index in [1.54, 1.807) is 18.2 Å². The standard InChI is InChI=1S/C17H23Cl2N3O3.ClH/c1-2-22(11-16(24)25)12-6-8-21(9-7-12)10-15(23)20-14-5-3-4-13(18)17(14)19;/h3-5,12H,2,6-11H2,1H3,(H,20,23)(H,24,25);1H. The van der Waals surface area contributed by atoms with Crippen molar-refractivity contribution in [1.82, 2.24) is 9.80 Å².